The monoisotopic (exact) mass is 259 g/mol. The van der Waals surface area contributed by atoms with Crippen LogP contribution in [0.4, 0.5) is 0 Å². The van der Waals surface area contributed by atoms with Crippen LogP contribution in [-0.4, -0.2) is 12.1 Å². The lowest BCUT2D eigenvalue weighted by Crippen LogP contribution is -2.58. The molecule has 1 N–H and O–H groups in total. The van der Waals surface area contributed by atoms with Gasteiger partial charge in [0, 0.05) is 18.5 Å². The van der Waals surface area contributed by atoms with Crippen molar-refractivity contribution in [2.75, 3.05) is 6.54 Å². The largest absolute Gasteiger partial charge is 0.466 e. The first-order valence-electron chi connectivity index (χ1n) is 8.01. The van der Waals surface area contributed by atoms with Gasteiger partial charge >= 0.3 is 0 Å². The average Bonchev–Trinajstić information content (AvgIpc) is 2.73. The van der Waals surface area contributed by atoms with Crippen molar-refractivity contribution in [3.8, 4) is 0 Å². The number of furan rings is 1. The topological polar surface area (TPSA) is 25.2 Å². The first-order chi connectivity index (χ1) is 9.21. The second-order valence-electron chi connectivity index (χ2n) is 7.39. The van der Waals surface area contributed by atoms with Gasteiger partial charge in [-0.2, -0.15) is 0 Å². The lowest BCUT2D eigenvalue weighted by atomic mass is 9.53. The molecule has 1 aromatic heterocycles. The normalized spacial score (nSPS) is 39.9. The van der Waals surface area contributed by atoms with Crippen molar-refractivity contribution >= 4 is 0 Å². The number of rotatable bonds is 4. The van der Waals surface area contributed by atoms with Crippen LogP contribution in [0.15, 0.2) is 16.5 Å². The molecule has 1 aromatic rings. The Morgan fingerprint density at radius 3 is 2.26 bits per heavy atom. The Morgan fingerprint density at radius 2 is 1.74 bits per heavy atom. The molecule has 5 rings (SSSR count). The van der Waals surface area contributed by atoms with Crippen molar-refractivity contribution in [3.05, 3.63) is 23.7 Å². The second-order valence-corrected chi connectivity index (χ2v) is 7.39. The van der Waals surface area contributed by atoms with Crippen LogP contribution in [0.1, 0.15) is 50.0 Å². The molecule has 19 heavy (non-hydrogen) atoms. The molecule has 1 heterocycles. The van der Waals surface area contributed by atoms with Crippen LogP contribution in [0.5, 0.6) is 0 Å². The molecule has 0 atom stereocenters. The number of aryl methyl sites for hydroxylation is 1. The van der Waals surface area contributed by atoms with E-state index in [0.29, 0.717) is 5.54 Å². The summed E-state index contributed by atoms with van der Waals surface area (Å²) in [5, 5.41) is 3.93. The van der Waals surface area contributed by atoms with Crippen molar-refractivity contribution in [2.45, 2.75) is 57.4 Å². The molecule has 4 aliphatic carbocycles. The molecular weight excluding hydrogens is 234 g/mol. The lowest BCUT2D eigenvalue weighted by molar-refractivity contribution is -0.0194. The van der Waals surface area contributed by atoms with Gasteiger partial charge in [0.15, 0.2) is 0 Å². The molecule has 2 heteroatoms. The fourth-order valence-corrected chi connectivity index (χ4v) is 5.40. The zero-order valence-electron chi connectivity index (χ0n) is 12.0. The Kier molecular flexibility index (Phi) is 2.77. The van der Waals surface area contributed by atoms with Gasteiger partial charge < -0.3 is 9.73 Å². The van der Waals surface area contributed by atoms with Gasteiger partial charge in [-0.05, 0) is 75.3 Å². The smallest absolute Gasteiger partial charge is 0.105 e. The first kappa shape index (κ1) is 12.0. The third-order valence-electron chi connectivity index (χ3n) is 5.71. The maximum atomic E-state index is 5.66. The summed E-state index contributed by atoms with van der Waals surface area (Å²) in [7, 11) is 0. The Morgan fingerprint density at radius 1 is 1.11 bits per heavy atom. The highest BCUT2D eigenvalue weighted by Crippen LogP contribution is 2.55. The van der Waals surface area contributed by atoms with Crippen LogP contribution < -0.4 is 5.32 Å². The van der Waals surface area contributed by atoms with Crippen LogP contribution in [0.25, 0.3) is 0 Å². The standard InChI is InChI=1S/C17H25NO/c1-12-2-3-16(19-12)4-5-18-17-9-13-6-14(10-17)8-15(7-13)11-17/h2-3,13-15,18H,4-11H2,1H3. The minimum Gasteiger partial charge on any atom is -0.466 e. The maximum absolute atomic E-state index is 5.66. The van der Waals surface area contributed by atoms with Crippen LogP contribution in [0.3, 0.4) is 0 Å². The Labute approximate surface area is 116 Å². The first-order valence-corrected chi connectivity index (χ1v) is 8.01. The Balaban J connectivity index is 1.37. The van der Waals surface area contributed by atoms with Gasteiger partial charge in [0.05, 0.1) is 0 Å². The number of hydrogen-bond donors (Lipinski definition) is 1. The number of nitrogens with one attached hydrogen (secondary N) is 1. The molecule has 0 spiro atoms. The van der Waals surface area contributed by atoms with E-state index in [1.165, 1.54) is 38.5 Å². The van der Waals surface area contributed by atoms with Gasteiger partial charge in [0.2, 0.25) is 0 Å². The zero-order chi connectivity index (χ0) is 12.9. The van der Waals surface area contributed by atoms with Gasteiger partial charge in [0.1, 0.15) is 11.5 Å². The zero-order valence-corrected chi connectivity index (χ0v) is 12.0. The third kappa shape index (κ3) is 2.24. The molecular formula is C17H25NO. The van der Waals surface area contributed by atoms with Gasteiger partial charge in [-0.1, -0.05) is 0 Å². The summed E-state index contributed by atoms with van der Waals surface area (Å²) in [5.74, 6) is 5.26. The molecule has 2 nitrogen and oxygen atoms in total. The summed E-state index contributed by atoms with van der Waals surface area (Å²) in [6.07, 6.45) is 9.94. The molecule has 0 aromatic carbocycles. The number of hydrogen-bond acceptors (Lipinski definition) is 2. The summed E-state index contributed by atoms with van der Waals surface area (Å²) < 4.78 is 5.66. The van der Waals surface area contributed by atoms with E-state index in [2.05, 4.69) is 17.4 Å². The fraction of sp³-hybridized carbons (Fsp3) is 0.765. The van der Waals surface area contributed by atoms with E-state index >= 15 is 0 Å². The van der Waals surface area contributed by atoms with E-state index in [0.717, 1.165) is 42.2 Å². The molecule has 104 valence electrons. The molecule has 0 unspecified atom stereocenters. The summed E-state index contributed by atoms with van der Waals surface area (Å²) in [6, 6.07) is 4.19. The predicted molar refractivity (Wildman–Crippen MR) is 76.1 cm³/mol. The van der Waals surface area contributed by atoms with E-state index in [9.17, 15) is 0 Å². The van der Waals surface area contributed by atoms with Crippen LogP contribution in [-0.2, 0) is 6.42 Å². The summed E-state index contributed by atoms with van der Waals surface area (Å²) in [6.45, 7) is 3.11. The minimum atomic E-state index is 0.496. The van der Waals surface area contributed by atoms with E-state index < -0.39 is 0 Å². The average molecular weight is 259 g/mol. The van der Waals surface area contributed by atoms with Crippen LogP contribution in [0, 0.1) is 24.7 Å². The minimum absolute atomic E-state index is 0.496. The highest BCUT2D eigenvalue weighted by atomic mass is 16.3. The summed E-state index contributed by atoms with van der Waals surface area (Å²) in [5.41, 5.74) is 0.496. The van der Waals surface area contributed by atoms with E-state index in [-0.39, 0.29) is 0 Å². The van der Waals surface area contributed by atoms with Gasteiger partial charge in [-0.15, -0.1) is 0 Å². The third-order valence-corrected chi connectivity index (χ3v) is 5.71. The molecule has 4 bridgehead atoms. The Hall–Kier alpha value is -0.760. The second kappa shape index (κ2) is 4.37. The molecule has 0 radical (unpaired) electrons. The van der Waals surface area contributed by atoms with Gasteiger partial charge in [0.25, 0.3) is 0 Å². The fourth-order valence-electron chi connectivity index (χ4n) is 5.40. The predicted octanol–water partition coefficient (Wildman–Crippen LogP) is 3.69. The molecule has 4 saturated carbocycles. The molecule has 0 saturated heterocycles. The van der Waals surface area contributed by atoms with Crippen molar-refractivity contribution in [1.82, 2.24) is 5.32 Å². The highest BCUT2D eigenvalue weighted by molar-refractivity contribution is 5.08. The van der Waals surface area contributed by atoms with E-state index in [1.54, 1.807) is 0 Å². The van der Waals surface area contributed by atoms with Gasteiger partial charge in [-0.3, -0.25) is 0 Å². The molecule has 4 aliphatic rings. The summed E-state index contributed by atoms with van der Waals surface area (Å²) >= 11 is 0. The Bertz CT molecular complexity index is 426. The van der Waals surface area contributed by atoms with Crippen molar-refractivity contribution in [2.24, 2.45) is 17.8 Å². The molecule has 4 fully saturated rings. The van der Waals surface area contributed by atoms with Crippen LogP contribution in [0.2, 0.25) is 0 Å². The molecule has 0 aliphatic heterocycles. The SMILES string of the molecule is Cc1ccc(CCNC23CC4CC(CC(C4)C2)C3)o1. The molecule has 0 amide bonds. The van der Waals surface area contributed by atoms with E-state index in [1.807, 2.05) is 6.92 Å². The summed E-state index contributed by atoms with van der Waals surface area (Å²) in [4.78, 5) is 0. The van der Waals surface area contributed by atoms with E-state index in [4.69, 9.17) is 4.42 Å². The van der Waals surface area contributed by atoms with Crippen LogP contribution >= 0.6 is 0 Å². The van der Waals surface area contributed by atoms with Gasteiger partial charge in [-0.25, -0.2) is 0 Å². The highest BCUT2D eigenvalue weighted by Gasteiger charge is 2.50. The van der Waals surface area contributed by atoms with Crippen molar-refractivity contribution < 1.29 is 4.42 Å². The lowest BCUT2D eigenvalue weighted by Gasteiger charge is -2.57. The van der Waals surface area contributed by atoms with Crippen molar-refractivity contribution in [1.29, 1.82) is 0 Å². The quantitative estimate of drug-likeness (QED) is 0.892. The van der Waals surface area contributed by atoms with Crippen molar-refractivity contribution in [3.63, 3.8) is 0 Å². The maximum Gasteiger partial charge on any atom is 0.105 e.